The quantitative estimate of drug-likeness (QED) is 0.840. The van der Waals surface area contributed by atoms with Crippen molar-refractivity contribution in [2.75, 3.05) is 0 Å². The monoisotopic (exact) mass is 337 g/mol. The highest BCUT2D eigenvalue weighted by molar-refractivity contribution is 9.10. The predicted octanol–water partition coefficient (Wildman–Crippen LogP) is 3.89. The minimum atomic E-state index is 0.467. The highest BCUT2D eigenvalue weighted by Gasteiger charge is 2.07. The van der Waals surface area contributed by atoms with Crippen molar-refractivity contribution in [1.29, 1.82) is 0 Å². The van der Waals surface area contributed by atoms with Gasteiger partial charge >= 0.3 is 0 Å². The maximum absolute atomic E-state index is 4.26. The summed E-state index contributed by atoms with van der Waals surface area (Å²) in [6, 6.07) is 8.59. The van der Waals surface area contributed by atoms with Gasteiger partial charge in [-0.1, -0.05) is 35.8 Å². The number of aromatic nitrogens is 2. The molecule has 100 valence electrons. The van der Waals surface area contributed by atoms with Gasteiger partial charge in [0.2, 0.25) is 0 Å². The summed E-state index contributed by atoms with van der Waals surface area (Å²) in [5.74, 6) is 0. The van der Waals surface area contributed by atoms with Crippen LogP contribution in [0, 0.1) is 0 Å². The fourth-order valence-corrected chi connectivity index (χ4v) is 2.91. The molecule has 0 spiro atoms. The van der Waals surface area contributed by atoms with Gasteiger partial charge in [0, 0.05) is 34.3 Å². The Balaban J connectivity index is 2.19. The fourth-order valence-electron chi connectivity index (χ4n) is 1.52. The van der Waals surface area contributed by atoms with Gasteiger partial charge in [-0.15, -0.1) is 0 Å². The standard InChI is InChI=1S/C14H16BrN3S/c1-10(2)18-9-11-4-5-12(15)8-13(11)19-14-16-6-3-7-17-14/h3-8,10,18H,9H2,1-2H3. The highest BCUT2D eigenvalue weighted by Crippen LogP contribution is 2.30. The third kappa shape index (κ3) is 4.60. The molecule has 0 radical (unpaired) electrons. The molecule has 1 heterocycles. The molecule has 1 aromatic heterocycles. The van der Waals surface area contributed by atoms with Crippen LogP contribution < -0.4 is 5.32 Å². The Morgan fingerprint density at radius 1 is 1.26 bits per heavy atom. The molecule has 0 saturated heterocycles. The Kier molecular flexibility index (Phi) is 5.36. The molecule has 0 aliphatic rings. The van der Waals surface area contributed by atoms with E-state index in [1.165, 1.54) is 10.5 Å². The number of benzene rings is 1. The van der Waals surface area contributed by atoms with E-state index in [0.29, 0.717) is 6.04 Å². The minimum Gasteiger partial charge on any atom is -0.310 e. The van der Waals surface area contributed by atoms with E-state index in [9.17, 15) is 0 Å². The Bertz CT molecular complexity index is 531. The van der Waals surface area contributed by atoms with Crippen molar-refractivity contribution in [2.24, 2.45) is 0 Å². The molecule has 1 aromatic carbocycles. The third-order valence-electron chi connectivity index (χ3n) is 2.47. The van der Waals surface area contributed by atoms with Gasteiger partial charge in [0.15, 0.2) is 5.16 Å². The zero-order chi connectivity index (χ0) is 13.7. The third-order valence-corrected chi connectivity index (χ3v) is 3.96. The van der Waals surface area contributed by atoms with Gasteiger partial charge in [-0.05, 0) is 35.5 Å². The summed E-state index contributed by atoms with van der Waals surface area (Å²) >= 11 is 5.10. The molecule has 0 unspecified atom stereocenters. The van der Waals surface area contributed by atoms with Crippen molar-refractivity contribution in [3.63, 3.8) is 0 Å². The number of nitrogens with zero attached hydrogens (tertiary/aromatic N) is 2. The van der Waals surface area contributed by atoms with E-state index < -0.39 is 0 Å². The van der Waals surface area contributed by atoms with Crippen LogP contribution in [-0.4, -0.2) is 16.0 Å². The Morgan fingerprint density at radius 3 is 2.68 bits per heavy atom. The van der Waals surface area contributed by atoms with Gasteiger partial charge in [0.25, 0.3) is 0 Å². The molecule has 0 fully saturated rings. The second-order valence-electron chi connectivity index (χ2n) is 4.42. The predicted molar refractivity (Wildman–Crippen MR) is 82.3 cm³/mol. The lowest BCUT2D eigenvalue weighted by Crippen LogP contribution is -2.22. The second-order valence-corrected chi connectivity index (χ2v) is 6.35. The summed E-state index contributed by atoms with van der Waals surface area (Å²) in [7, 11) is 0. The lowest BCUT2D eigenvalue weighted by atomic mass is 10.2. The molecular formula is C14H16BrN3S. The van der Waals surface area contributed by atoms with Gasteiger partial charge in [0.1, 0.15) is 0 Å². The number of hydrogen-bond acceptors (Lipinski definition) is 4. The van der Waals surface area contributed by atoms with E-state index >= 15 is 0 Å². The van der Waals surface area contributed by atoms with Gasteiger partial charge in [-0.2, -0.15) is 0 Å². The number of halogens is 1. The average Bonchev–Trinajstić information content (AvgIpc) is 2.39. The molecule has 5 heteroatoms. The van der Waals surface area contributed by atoms with E-state index in [4.69, 9.17) is 0 Å². The van der Waals surface area contributed by atoms with Crippen molar-refractivity contribution >= 4 is 27.7 Å². The molecule has 0 bridgehead atoms. The Hall–Kier alpha value is -0.910. The average molecular weight is 338 g/mol. The topological polar surface area (TPSA) is 37.8 Å². The van der Waals surface area contributed by atoms with Crippen LogP contribution in [0.25, 0.3) is 0 Å². The van der Waals surface area contributed by atoms with Crippen LogP contribution >= 0.6 is 27.7 Å². The molecule has 2 rings (SSSR count). The minimum absolute atomic E-state index is 0.467. The van der Waals surface area contributed by atoms with Gasteiger partial charge in [0.05, 0.1) is 0 Å². The first-order chi connectivity index (χ1) is 9.15. The first kappa shape index (κ1) is 14.5. The molecule has 0 aliphatic heterocycles. The molecule has 19 heavy (non-hydrogen) atoms. The van der Waals surface area contributed by atoms with Crippen molar-refractivity contribution < 1.29 is 0 Å². The number of hydrogen-bond donors (Lipinski definition) is 1. The Labute approximate surface area is 126 Å². The van der Waals surface area contributed by atoms with Crippen LogP contribution in [-0.2, 0) is 6.54 Å². The summed E-state index contributed by atoms with van der Waals surface area (Å²) in [5, 5.41) is 4.21. The van der Waals surface area contributed by atoms with Crippen molar-refractivity contribution in [3.05, 3.63) is 46.7 Å². The van der Waals surface area contributed by atoms with Crippen LogP contribution in [0.3, 0.4) is 0 Å². The first-order valence-electron chi connectivity index (χ1n) is 6.12. The lowest BCUT2D eigenvalue weighted by molar-refractivity contribution is 0.584. The van der Waals surface area contributed by atoms with E-state index in [2.05, 4.69) is 63.3 Å². The van der Waals surface area contributed by atoms with E-state index in [-0.39, 0.29) is 0 Å². The summed E-state index contributed by atoms with van der Waals surface area (Å²) in [5.41, 5.74) is 1.26. The zero-order valence-corrected chi connectivity index (χ0v) is 13.3. The fraction of sp³-hybridized carbons (Fsp3) is 0.286. The zero-order valence-electron chi connectivity index (χ0n) is 10.9. The van der Waals surface area contributed by atoms with Gasteiger partial charge in [-0.25, -0.2) is 9.97 Å². The molecule has 0 amide bonds. The van der Waals surface area contributed by atoms with Crippen molar-refractivity contribution in [1.82, 2.24) is 15.3 Å². The van der Waals surface area contributed by atoms with E-state index in [1.54, 1.807) is 24.2 Å². The molecule has 0 aliphatic carbocycles. The lowest BCUT2D eigenvalue weighted by Gasteiger charge is -2.12. The molecule has 2 aromatic rings. The smallest absolute Gasteiger partial charge is 0.192 e. The maximum atomic E-state index is 4.26. The molecule has 0 saturated carbocycles. The maximum Gasteiger partial charge on any atom is 0.192 e. The SMILES string of the molecule is CC(C)NCc1ccc(Br)cc1Sc1ncccn1. The Morgan fingerprint density at radius 2 is 2.00 bits per heavy atom. The molecule has 0 atom stereocenters. The molecule has 3 nitrogen and oxygen atoms in total. The summed E-state index contributed by atoms with van der Waals surface area (Å²) in [6.07, 6.45) is 3.53. The van der Waals surface area contributed by atoms with E-state index in [0.717, 1.165) is 16.2 Å². The van der Waals surface area contributed by atoms with Crippen LogP contribution in [0.2, 0.25) is 0 Å². The summed E-state index contributed by atoms with van der Waals surface area (Å²) < 4.78 is 1.07. The van der Waals surface area contributed by atoms with E-state index in [1.807, 2.05) is 6.07 Å². The normalized spacial score (nSPS) is 10.9. The number of nitrogens with one attached hydrogen (secondary N) is 1. The number of rotatable bonds is 5. The van der Waals surface area contributed by atoms with Crippen molar-refractivity contribution in [3.8, 4) is 0 Å². The summed E-state index contributed by atoms with van der Waals surface area (Å²) in [6.45, 7) is 5.14. The summed E-state index contributed by atoms with van der Waals surface area (Å²) in [4.78, 5) is 9.69. The van der Waals surface area contributed by atoms with Crippen LogP contribution in [0.5, 0.6) is 0 Å². The molecular weight excluding hydrogens is 322 g/mol. The second kappa shape index (κ2) is 7.03. The van der Waals surface area contributed by atoms with Crippen LogP contribution in [0.15, 0.2) is 51.2 Å². The molecule has 1 N–H and O–H groups in total. The van der Waals surface area contributed by atoms with Crippen LogP contribution in [0.1, 0.15) is 19.4 Å². The first-order valence-corrected chi connectivity index (χ1v) is 7.73. The van der Waals surface area contributed by atoms with Gasteiger partial charge < -0.3 is 5.32 Å². The van der Waals surface area contributed by atoms with Crippen molar-refractivity contribution in [2.45, 2.75) is 36.5 Å². The highest BCUT2D eigenvalue weighted by atomic mass is 79.9. The largest absolute Gasteiger partial charge is 0.310 e. The van der Waals surface area contributed by atoms with Crippen LogP contribution in [0.4, 0.5) is 0 Å². The van der Waals surface area contributed by atoms with Gasteiger partial charge in [-0.3, -0.25) is 0 Å².